The third-order valence-corrected chi connectivity index (χ3v) is 3.02. The van der Waals surface area contributed by atoms with Crippen molar-refractivity contribution in [3.8, 4) is 0 Å². The largest absolute Gasteiger partial charge is 0.479 e. The molecule has 0 aromatic heterocycles. The number of aliphatic carboxylic acids is 1. The van der Waals surface area contributed by atoms with Crippen LogP contribution in [0.1, 0.15) is 30.9 Å². The van der Waals surface area contributed by atoms with E-state index in [-0.39, 0.29) is 5.91 Å². The van der Waals surface area contributed by atoms with Gasteiger partial charge in [-0.1, -0.05) is 30.3 Å². The van der Waals surface area contributed by atoms with Crippen LogP contribution in [0.4, 0.5) is 0 Å². The normalized spacial score (nSPS) is 17.9. The van der Waals surface area contributed by atoms with Crippen molar-refractivity contribution in [2.75, 3.05) is 6.54 Å². The molecular weight excluding hydrogens is 218 g/mol. The zero-order valence-corrected chi connectivity index (χ0v) is 9.50. The second-order valence-corrected chi connectivity index (χ2v) is 4.20. The molecule has 4 heteroatoms. The van der Waals surface area contributed by atoms with Crippen LogP contribution in [0.2, 0.25) is 0 Å². The number of hydrogen-bond donors (Lipinski definition) is 1. The average molecular weight is 233 g/mol. The molecule has 1 aliphatic heterocycles. The number of carbonyl (C=O) groups is 2. The molecule has 17 heavy (non-hydrogen) atoms. The molecule has 0 unspecified atom stereocenters. The predicted molar refractivity (Wildman–Crippen MR) is 62.4 cm³/mol. The summed E-state index contributed by atoms with van der Waals surface area (Å²) in [7, 11) is 0. The number of hydrogen-bond acceptors (Lipinski definition) is 2. The van der Waals surface area contributed by atoms with E-state index in [1.165, 1.54) is 4.90 Å². The summed E-state index contributed by atoms with van der Waals surface area (Å²) in [6, 6.07) is 8.07. The lowest BCUT2D eigenvalue weighted by Crippen LogP contribution is -2.41. The molecular formula is C13H15NO3. The van der Waals surface area contributed by atoms with Crippen molar-refractivity contribution in [2.45, 2.75) is 25.3 Å². The Hall–Kier alpha value is -1.84. The van der Waals surface area contributed by atoms with Gasteiger partial charge in [0.05, 0.1) is 0 Å². The highest BCUT2D eigenvalue weighted by molar-refractivity contribution is 5.85. The minimum absolute atomic E-state index is 0.0625. The fourth-order valence-electron chi connectivity index (χ4n) is 2.19. The highest BCUT2D eigenvalue weighted by Crippen LogP contribution is 2.25. The van der Waals surface area contributed by atoms with Gasteiger partial charge in [-0.2, -0.15) is 0 Å². The first-order valence-electron chi connectivity index (χ1n) is 5.77. The van der Waals surface area contributed by atoms with Crippen LogP contribution in [0.15, 0.2) is 30.3 Å². The first-order chi connectivity index (χ1) is 8.20. The van der Waals surface area contributed by atoms with Gasteiger partial charge in [0.1, 0.15) is 0 Å². The molecule has 0 spiro atoms. The van der Waals surface area contributed by atoms with Gasteiger partial charge in [0.15, 0.2) is 6.04 Å². The number of rotatable bonds is 3. The molecule has 0 radical (unpaired) electrons. The Bertz CT molecular complexity index is 416. The van der Waals surface area contributed by atoms with Crippen molar-refractivity contribution in [2.24, 2.45) is 0 Å². The number of carbonyl (C=O) groups excluding carboxylic acids is 1. The van der Waals surface area contributed by atoms with Crippen LogP contribution < -0.4 is 0 Å². The fourth-order valence-corrected chi connectivity index (χ4v) is 2.19. The van der Waals surface area contributed by atoms with Gasteiger partial charge >= 0.3 is 5.97 Å². The zero-order chi connectivity index (χ0) is 12.3. The van der Waals surface area contributed by atoms with E-state index in [0.29, 0.717) is 18.5 Å². The van der Waals surface area contributed by atoms with Gasteiger partial charge in [0, 0.05) is 13.0 Å². The molecule has 1 fully saturated rings. The van der Waals surface area contributed by atoms with Crippen molar-refractivity contribution in [3.63, 3.8) is 0 Å². The quantitative estimate of drug-likeness (QED) is 0.866. The predicted octanol–water partition coefficient (Wildman–Crippen LogP) is 1.82. The van der Waals surface area contributed by atoms with Crippen LogP contribution in [-0.2, 0) is 9.59 Å². The number of likely N-dealkylation sites (tertiary alicyclic amines) is 1. The average Bonchev–Trinajstić information content (AvgIpc) is 2.33. The number of nitrogens with zero attached hydrogens (tertiary/aromatic N) is 1. The van der Waals surface area contributed by atoms with Crippen molar-refractivity contribution < 1.29 is 14.7 Å². The minimum Gasteiger partial charge on any atom is -0.479 e. The lowest BCUT2D eigenvalue weighted by Gasteiger charge is -2.32. The standard InChI is InChI=1S/C13H15NO3/c15-11-8-4-5-9-14(11)12(13(16)17)10-6-2-1-3-7-10/h1-3,6-7,12H,4-5,8-9H2,(H,16,17)/t12-/m1/s1. The molecule has 0 saturated carbocycles. The summed E-state index contributed by atoms with van der Waals surface area (Å²) in [5.41, 5.74) is 0.662. The van der Waals surface area contributed by atoms with E-state index >= 15 is 0 Å². The molecule has 1 aromatic carbocycles. The molecule has 1 aliphatic rings. The van der Waals surface area contributed by atoms with Crippen LogP contribution in [0.5, 0.6) is 0 Å². The second-order valence-electron chi connectivity index (χ2n) is 4.20. The summed E-state index contributed by atoms with van der Waals surface area (Å²) >= 11 is 0. The molecule has 1 heterocycles. The van der Waals surface area contributed by atoms with Crippen LogP contribution in [0.3, 0.4) is 0 Å². The van der Waals surface area contributed by atoms with E-state index in [4.69, 9.17) is 0 Å². The van der Waals surface area contributed by atoms with Crippen LogP contribution in [0, 0.1) is 0 Å². The lowest BCUT2D eigenvalue weighted by molar-refractivity contribution is -0.152. The number of benzene rings is 1. The van der Waals surface area contributed by atoms with Gasteiger partial charge < -0.3 is 10.0 Å². The Morgan fingerprint density at radius 3 is 2.53 bits per heavy atom. The molecule has 1 saturated heterocycles. The SMILES string of the molecule is O=C(O)[C@@H](c1ccccc1)N1CCCCC1=O. The van der Waals surface area contributed by atoms with Crippen LogP contribution in [0.25, 0.3) is 0 Å². The molecule has 1 N–H and O–H groups in total. The Kier molecular flexibility index (Phi) is 3.42. The number of carboxylic acid groups (broad SMARTS) is 1. The van der Waals surface area contributed by atoms with Gasteiger partial charge in [-0.05, 0) is 18.4 Å². The summed E-state index contributed by atoms with van der Waals surface area (Å²) in [6.45, 7) is 0.532. The molecule has 90 valence electrons. The molecule has 2 rings (SSSR count). The molecule has 1 aromatic rings. The van der Waals surface area contributed by atoms with Gasteiger partial charge in [-0.25, -0.2) is 4.79 Å². The van der Waals surface area contributed by atoms with E-state index in [1.54, 1.807) is 24.3 Å². The van der Waals surface area contributed by atoms with E-state index in [0.717, 1.165) is 12.8 Å². The summed E-state index contributed by atoms with van der Waals surface area (Å²) in [5.74, 6) is -1.03. The Morgan fingerprint density at radius 2 is 1.94 bits per heavy atom. The number of amides is 1. The molecule has 1 amide bonds. The van der Waals surface area contributed by atoms with E-state index in [2.05, 4.69) is 0 Å². The van der Waals surface area contributed by atoms with Crippen LogP contribution >= 0.6 is 0 Å². The highest BCUT2D eigenvalue weighted by Gasteiger charge is 2.32. The first kappa shape index (κ1) is 11.6. The highest BCUT2D eigenvalue weighted by atomic mass is 16.4. The number of piperidine rings is 1. The second kappa shape index (κ2) is 4.99. The van der Waals surface area contributed by atoms with Crippen molar-refractivity contribution in [1.29, 1.82) is 0 Å². The molecule has 0 bridgehead atoms. The topological polar surface area (TPSA) is 57.6 Å². The van der Waals surface area contributed by atoms with Crippen molar-refractivity contribution in [1.82, 2.24) is 4.90 Å². The van der Waals surface area contributed by atoms with Gasteiger partial charge in [0.25, 0.3) is 0 Å². The molecule has 0 aliphatic carbocycles. The van der Waals surface area contributed by atoms with Crippen molar-refractivity contribution >= 4 is 11.9 Å². The number of carboxylic acids is 1. The first-order valence-corrected chi connectivity index (χ1v) is 5.77. The Labute approximate surface area is 99.9 Å². The lowest BCUT2D eigenvalue weighted by atomic mass is 10.0. The summed E-state index contributed by atoms with van der Waals surface area (Å²) in [6.07, 6.45) is 2.19. The third-order valence-electron chi connectivity index (χ3n) is 3.02. The maximum absolute atomic E-state index is 11.8. The fraction of sp³-hybridized carbons (Fsp3) is 0.385. The van der Waals surface area contributed by atoms with E-state index < -0.39 is 12.0 Å². The Balaban J connectivity index is 2.29. The molecule has 1 atom stereocenters. The van der Waals surface area contributed by atoms with Gasteiger partial charge in [-0.15, -0.1) is 0 Å². The molecule has 4 nitrogen and oxygen atoms in total. The van der Waals surface area contributed by atoms with E-state index in [9.17, 15) is 14.7 Å². The maximum atomic E-state index is 11.8. The zero-order valence-electron chi connectivity index (χ0n) is 9.50. The van der Waals surface area contributed by atoms with Gasteiger partial charge in [0.2, 0.25) is 5.91 Å². The summed E-state index contributed by atoms with van der Waals surface area (Å²) in [4.78, 5) is 24.6. The van der Waals surface area contributed by atoms with E-state index in [1.807, 2.05) is 6.07 Å². The van der Waals surface area contributed by atoms with Crippen molar-refractivity contribution in [3.05, 3.63) is 35.9 Å². The summed E-state index contributed by atoms with van der Waals surface area (Å²) < 4.78 is 0. The minimum atomic E-state index is -0.966. The summed E-state index contributed by atoms with van der Waals surface area (Å²) in [5, 5.41) is 9.30. The van der Waals surface area contributed by atoms with Crippen LogP contribution in [-0.4, -0.2) is 28.4 Å². The third kappa shape index (κ3) is 2.46. The van der Waals surface area contributed by atoms with Gasteiger partial charge in [-0.3, -0.25) is 4.79 Å². The Morgan fingerprint density at radius 1 is 1.24 bits per heavy atom. The maximum Gasteiger partial charge on any atom is 0.331 e. The monoisotopic (exact) mass is 233 g/mol. The smallest absolute Gasteiger partial charge is 0.331 e.